The minimum Gasteiger partial charge on any atom is -0.490 e. The van der Waals surface area contributed by atoms with E-state index in [4.69, 9.17) is 22.1 Å². The standard InChI is InChI=1S/C14H23ClN2O/c1-10(16)11-6-7-13(12(15)8-11)18-9-14(2,3)17(4)5/h6-8,10H,9,16H2,1-5H3/t10-/m0/s1. The topological polar surface area (TPSA) is 38.5 Å². The van der Waals surface area contributed by atoms with Gasteiger partial charge in [0.1, 0.15) is 12.4 Å². The lowest BCUT2D eigenvalue weighted by atomic mass is 10.1. The van der Waals surface area contributed by atoms with E-state index in [0.29, 0.717) is 17.4 Å². The summed E-state index contributed by atoms with van der Waals surface area (Å²) in [6.07, 6.45) is 0. The zero-order valence-corrected chi connectivity index (χ0v) is 12.6. The Morgan fingerprint density at radius 1 is 1.39 bits per heavy atom. The van der Waals surface area contributed by atoms with Crippen molar-refractivity contribution in [3.63, 3.8) is 0 Å². The number of nitrogens with two attached hydrogens (primary N) is 1. The molecule has 0 amide bonds. The lowest BCUT2D eigenvalue weighted by Gasteiger charge is -2.32. The molecule has 1 aromatic rings. The van der Waals surface area contributed by atoms with E-state index in [9.17, 15) is 0 Å². The molecule has 1 atom stereocenters. The lowest BCUT2D eigenvalue weighted by Crippen LogP contribution is -2.43. The van der Waals surface area contributed by atoms with Gasteiger partial charge in [0.2, 0.25) is 0 Å². The Morgan fingerprint density at radius 2 is 2.00 bits per heavy atom. The molecule has 3 nitrogen and oxygen atoms in total. The SMILES string of the molecule is C[C@H](N)c1ccc(OCC(C)(C)N(C)C)c(Cl)c1. The summed E-state index contributed by atoms with van der Waals surface area (Å²) in [7, 11) is 4.06. The van der Waals surface area contributed by atoms with Crippen LogP contribution in [0.3, 0.4) is 0 Å². The Kier molecular flexibility index (Phi) is 5.02. The molecule has 102 valence electrons. The van der Waals surface area contributed by atoms with Crippen LogP contribution in [0, 0.1) is 0 Å². The summed E-state index contributed by atoms with van der Waals surface area (Å²) in [5.41, 5.74) is 6.78. The number of benzene rings is 1. The van der Waals surface area contributed by atoms with Gasteiger partial charge < -0.3 is 15.4 Å². The number of halogens is 1. The van der Waals surface area contributed by atoms with Gasteiger partial charge in [0, 0.05) is 11.6 Å². The quantitative estimate of drug-likeness (QED) is 0.894. The molecule has 2 N–H and O–H groups in total. The molecule has 0 bridgehead atoms. The Morgan fingerprint density at radius 3 is 2.44 bits per heavy atom. The first-order chi connectivity index (χ1) is 8.24. The van der Waals surface area contributed by atoms with Crippen molar-refractivity contribution in [1.82, 2.24) is 4.90 Å². The first-order valence-electron chi connectivity index (χ1n) is 6.09. The highest BCUT2D eigenvalue weighted by atomic mass is 35.5. The lowest BCUT2D eigenvalue weighted by molar-refractivity contribution is 0.114. The smallest absolute Gasteiger partial charge is 0.138 e. The van der Waals surface area contributed by atoms with E-state index in [1.165, 1.54) is 0 Å². The van der Waals surface area contributed by atoms with Gasteiger partial charge in [-0.25, -0.2) is 0 Å². The molecule has 0 heterocycles. The van der Waals surface area contributed by atoms with E-state index >= 15 is 0 Å². The summed E-state index contributed by atoms with van der Waals surface area (Å²) in [5, 5.41) is 0.611. The number of likely N-dealkylation sites (N-methyl/N-ethyl adjacent to an activating group) is 1. The largest absolute Gasteiger partial charge is 0.490 e. The van der Waals surface area contributed by atoms with Crippen LogP contribution in [0.15, 0.2) is 18.2 Å². The molecule has 0 saturated carbocycles. The maximum absolute atomic E-state index is 6.19. The molecule has 0 radical (unpaired) electrons. The third-order valence-corrected chi connectivity index (χ3v) is 3.57. The Hall–Kier alpha value is -0.770. The molecule has 0 unspecified atom stereocenters. The van der Waals surface area contributed by atoms with Gasteiger partial charge in [-0.15, -0.1) is 0 Å². The molecule has 0 spiro atoms. The Balaban J connectivity index is 2.75. The highest BCUT2D eigenvalue weighted by molar-refractivity contribution is 6.32. The second-order valence-corrected chi connectivity index (χ2v) is 5.88. The van der Waals surface area contributed by atoms with Crippen molar-refractivity contribution in [2.75, 3.05) is 20.7 Å². The van der Waals surface area contributed by atoms with Gasteiger partial charge in [-0.3, -0.25) is 0 Å². The second-order valence-electron chi connectivity index (χ2n) is 5.47. The molecule has 4 heteroatoms. The van der Waals surface area contributed by atoms with Crippen LogP contribution in [0.25, 0.3) is 0 Å². The van der Waals surface area contributed by atoms with Gasteiger partial charge in [0.05, 0.1) is 5.02 Å². The van der Waals surface area contributed by atoms with Crippen molar-refractivity contribution in [3.05, 3.63) is 28.8 Å². The van der Waals surface area contributed by atoms with Crippen LogP contribution in [0.4, 0.5) is 0 Å². The fraction of sp³-hybridized carbons (Fsp3) is 0.571. The zero-order valence-electron chi connectivity index (χ0n) is 11.8. The molecule has 1 aromatic carbocycles. The van der Waals surface area contributed by atoms with Crippen molar-refractivity contribution in [2.24, 2.45) is 5.73 Å². The predicted octanol–water partition coefficient (Wildman–Crippen LogP) is 3.08. The molecule has 0 aliphatic carbocycles. The van der Waals surface area contributed by atoms with Crippen LogP contribution in [0.2, 0.25) is 5.02 Å². The maximum Gasteiger partial charge on any atom is 0.138 e. The molecule has 0 fully saturated rings. The van der Waals surface area contributed by atoms with E-state index in [1.807, 2.05) is 39.2 Å². The Bertz CT molecular complexity index is 403. The normalized spacial score (nSPS) is 13.8. The van der Waals surface area contributed by atoms with E-state index in [1.54, 1.807) is 0 Å². The highest BCUT2D eigenvalue weighted by Crippen LogP contribution is 2.28. The number of hydrogen-bond acceptors (Lipinski definition) is 3. The van der Waals surface area contributed by atoms with Gasteiger partial charge in [-0.1, -0.05) is 17.7 Å². The predicted molar refractivity (Wildman–Crippen MR) is 77.3 cm³/mol. The van der Waals surface area contributed by atoms with Crippen LogP contribution in [0.1, 0.15) is 32.4 Å². The molecule has 1 rings (SSSR count). The number of rotatable bonds is 5. The minimum atomic E-state index is -0.0385. The van der Waals surface area contributed by atoms with Crippen LogP contribution in [-0.4, -0.2) is 31.1 Å². The number of nitrogens with zero attached hydrogens (tertiary/aromatic N) is 1. The number of hydrogen-bond donors (Lipinski definition) is 1. The zero-order chi connectivity index (χ0) is 13.9. The molecular weight excluding hydrogens is 248 g/mol. The molecule has 18 heavy (non-hydrogen) atoms. The summed E-state index contributed by atoms with van der Waals surface area (Å²) >= 11 is 6.19. The summed E-state index contributed by atoms with van der Waals surface area (Å²) in [5.74, 6) is 0.705. The summed E-state index contributed by atoms with van der Waals surface area (Å²) < 4.78 is 5.78. The Labute approximate surface area is 115 Å². The molecule has 0 saturated heterocycles. The fourth-order valence-corrected chi connectivity index (χ4v) is 1.54. The monoisotopic (exact) mass is 270 g/mol. The van der Waals surface area contributed by atoms with Crippen LogP contribution in [0.5, 0.6) is 5.75 Å². The third kappa shape index (κ3) is 3.87. The average Bonchev–Trinajstić information content (AvgIpc) is 2.26. The first-order valence-corrected chi connectivity index (χ1v) is 6.47. The van der Waals surface area contributed by atoms with Crippen LogP contribution in [-0.2, 0) is 0 Å². The van der Waals surface area contributed by atoms with E-state index in [2.05, 4.69) is 18.7 Å². The molecular formula is C14H23ClN2O. The number of ether oxygens (including phenoxy) is 1. The summed E-state index contributed by atoms with van der Waals surface area (Å²) in [6.45, 7) is 6.76. The van der Waals surface area contributed by atoms with E-state index in [-0.39, 0.29) is 11.6 Å². The molecule has 0 aliphatic rings. The van der Waals surface area contributed by atoms with Crippen molar-refractivity contribution in [2.45, 2.75) is 32.4 Å². The van der Waals surface area contributed by atoms with E-state index in [0.717, 1.165) is 5.56 Å². The summed E-state index contributed by atoms with van der Waals surface area (Å²) in [4.78, 5) is 2.12. The maximum atomic E-state index is 6.19. The van der Waals surface area contributed by atoms with Crippen LogP contribution >= 0.6 is 11.6 Å². The first kappa shape index (κ1) is 15.3. The van der Waals surface area contributed by atoms with Gasteiger partial charge in [-0.2, -0.15) is 0 Å². The van der Waals surface area contributed by atoms with Crippen LogP contribution < -0.4 is 10.5 Å². The van der Waals surface area contributed by atoms with Crippen molar-refractivity contribution < 1.29 is 4.74 Å². The van der Waals surface area contributed by atoms with Gasteiger partial charge in [-0.05, 0) is 52.6 Å². The fourth-order valence-electron chi connectivity index (χ4n) is 1.30. The van der Waals surface area contributed by atoms with Crippen molar-refractivity contribution >= 4 is 11.6 Å². The van der Waals surface area contributed by atoms with Crippen molar-refractivity contribution in [3.8, 4) is 5.75 Å². The summed E-state index contributed by atoms with van der Waals surface area (Å²) in [6, 6.07) is 5.68. The average molecular weight is 271 g/mol. The van der Waals surface area contributed by atoms with Gasteiger partial charge >= 0.3 is 0 Å². The minimum absolute atomic E-state index is 0.0187. The molecule has 0 aromatic heterocycles. The third-order valence-electron chi connectivity index (χ3n) is 3.27. The second kappa shape index (κ2) is 5.91. The van der Waals surface area contributed by atoms with Gasteiger partial charge in [0.25, 0.3) is 0 Å². The van der Waals surface area contributed by atoms with Gasteiger partial charge in [0.15, 0.2) is 0 Å². The van der Waals surface area contributed by atoms with E-state index < -0.39 is 0 Å². The highest BCUT2D eigenvalue weighted by Gasteiger charge is 2.21. The van der Waals surface area contributed by atoms with Crippen molar-refractivity contribution in [1.29, 1.82) is 0 Å². The molecule has 0 aliphatic heterocycles.